The number of hydrogen-bond acceptors (Lipinski definition) is 6. The molecule has 0 aliphatic carbocycles. The van der Waals surface area contributed by atoms with Crippen LogP contribution in [0.15, 0.2) is 57.3 Å². The molecule has 7 nitrogen and oxygen atoms in total. The topological polar surface area (TPSA) is 74.6 Å². The molecular formula is C18H14BrClN4O3. The molecule has 2 aromatic carbocycles. The highest BCUT2D eigenvalue weighted by Gasteiger charge is 2.54. The number of ether oxygens (including phenoxy) is 1. The summed E-state index contributed by atoms with van der Waals surface area (Å²) in [6, 6.07) is 10.6. The third-order valence-corrected chi connectivity index (χ3v) is 5.38. The molecule has 2 heterocycles. The van der Waals surface area contributed by atoms with Crippen molar-refractivity contribution in [3.63, 3.8) is 0 Å². The summed E-state index contributed by atoms with van der Waals surface area (Å²) < 4.78 is 6.02. The quantitative estimate of drug-likeness (QED) is 0.669. The molecule has 2 aromatic rings. The second kappa shape index (κ2) is 6.94. The summed E-state index contributed by atoms with van der Waals surface area (Å²) in [6.45, 7) is 0.348. The van der Waals surface area contributed by atoms with Crippen LogP contribution in [0.5, 0.6) is 5.75 Å². The van der Waals surface area contributed by atoms with Crippen LogP contribution in [-0.2, 0) is 16.1 Å². The number of nitrogens with zero attached hydrogens (tertiary/aromatic N) is 4. The Morgan fingerprint density at radius 1 is 1.15 bits per heavy atom. The van der Waals surface area contributed by atoms with E-state index in [0.717, 1.165) is 14.9 Å². The van der Waals surface area contributed by atoms with E-state index < -0.39 is 12.1 Å². The Morgan fingerprint density at radius 3 is 2.56 bits per heavy atom. The van der Waals surface area contributed by atoms with Crippen molar-refractivity contribution in [2.75, 3.05) is 12.0 Å². The molecule has 0 spiro atoms. The van der Waals surface area contributed by atoms with Gasteiger partial charge in [-0.3, -0.25) is 14.6 Å². The van der Waals surface area contributed by atoms with Gasteiger partial charge in [0.1, 0.15) is 5.75 Å². The fourth-order valence-corrected chi connectivity index (χ4v) is 3.91. The summed E-state index contributed by atoms with van der Waals surface area (Å²) in [5.41, 5.74) is 1.39. The summed E-state index contributed by atoms with van der Waals surface area (Å²) in [5.74, 6) is -0.0138. The summed E-state index contributed by atoms with van der Waals surface area (Å²) in [5, 5.41) is 10.2. The molecule has 2 aliphatic heterocycles. The number of anilines is 1. The molecule has 9 heteroatoms. The van der Waals surface area contributed by atoms with Crippen molar-refractivity contribution in [3.05, 3.63) is 57.5 Å². The van der Waals surface area contributed by atoms with Gasteiger partial charge >= 0.3 is 0 Å². The van der Waals surface area contributed by atoms with E-state index in [4.69, 9.17) is 16.3 Å². The summed E-state index contributed by atoms with van der Waals surface area (Å²) in [7, 11) is 1.59. The number of rotatable bonds is 4. The molecule has 2 amide bonds. The van der Waals surface area contributed by atoms with Gasteiger partial charge in [-0.1, -0.05) is 22.9 Å². The zero-order valence-electron chi connectivity index (χ0n) is 14.2. The van der Waals surface area contributed by atoms with Crippen LogP contribution in [0.1, 0.15) is 5.56 Å². The van der Waals surface area contributed by atoms with Gasteiger partial charge in [0.2, 0.25) is 0 Å². The van der Waals surface area contributed by atoms with Gasteiger partial charge in [0, 0.05) is 5.02 Å². The average molecular weight is 450 g/mol. The van der Waals surface area contributed by atoms with Crippen molar-refractivity contribution >= 4 is 45.0 Å². The van der Waals surface area contributed by atoms with E-state index >= 15 is 0 Å². The number of methoxy groups -OCH3 is 1. The lowest BCUT2D eigenvalue weighted by molar-refractivity contribution is -0.123. The smallest absolute Gasteiger partial charge is 0.263 e. The number of imide groups is 1. The molecule has 2 atom stereocenters. The van der Waals surface area contributed by atoms with Crippen LogP contribution in [0.2, 0.25) is 5.02 Å². The van der Waals surface area contributed by atoms with Gasteiger partial charge in [0.15, 0.2) is 12.1 Å². The number of hydrogen-bond donors (Lipinski definition) is 0. The van der Waals surface area contributed by atoms with Crippen LogP contribution in [0.3, 0.4) is 0 Å². The number of carbonyl (C=O) groups is 2. The van der Waals surface area contributed by atoms with Gasteiger partial charge in [0.25, 0.3) is 11.8 Å². The van der Waals surface area contributed by atoms with Crippen molar-refractivity contribution in [1.82, 2.24) is 5.01 Å². The monoisotopic (exact) mass is 448 g/mol. The Morgan fingerprint density at radius 2 is 1.89 bits per heavy atom. The molecule has 138 valence electrons. The fourth-order valence-electron chi connectivity index (χ4n) is 3.19. The van der Waals surface area contributed by atoms with E-state index in [0.29, 0.717) is 23.0 Å². The van der Waals surface area contributed by atoms with Gasteiger partial charge in [-0.15, -0.1) is 0 Å². The number of halogens is 2. The summed E-state index contributed by atoms with van der Waals surface area (Å²) in [4.78, 5) is 26.8. The minimum absolute atomic E-state index is 0.343. The molecule has 0 radical (unpaired) electrons. The predicted octanol–water partition coefficient (Wildman–Crippen LogP) is 3.60. The van der Waals surface area contributed by atoms with Crippen molar-refractivity contribution < 1.29 is 14.3 Å². The van der Waals surface area contributed by atoms with E-state index in [1.165, 1.54) is 0 Å². The number of amides is 2. The van der Waals surface area contributed by atoms with E-state index in [9.17, 15) is 9.59 Å². The second-order valence-electron chi connectivity index (χ2n) is 6.15. The molecule has 1 fully saturated rings. The standard InChI is InChI=1S/C18H14BrClN4O3/c1-27-14-7-2-10(8-13(14)19)9-23-16-15(21-22-23)17(25)24(18(16)26)12-5-3-11(20)4-6-12/h2-8,15-16H,9H2,1H3/t15-,16+/m0/s1. The van der Waals surface area contributed by atoms with Crippen LogP contribution in [0, 0.1) is 0 Å². The Kier molecular flexibility index (Phi) is 4.61. The minimum Gasteiger partial charge on any atom is -0.496 e. The Balaban J connectivity index is 1.58. The lowest BCUT2D eigenvalue weighted by atomic mass is 10.1. The van der Waals surface area contributed by atoms with Gasteiger partial charge in [-0.25, -0.2) is 4.90 Å². The van der Waals surface area contributed by atoms with Crippen molar-refractivity contribution in [2.45, 2.75) is 18.6 Å². The van der Waals surface area contributed by atoms with Crippen molar-refractivity contribution in [2.24, 2.45) is 10.3 Å². The highest BCUT2D eigenvalue weighted by atomic mass is 79.9. The van der Waals surface area contributed by atoms with E-state index in [1.807, 2.05) is 18.2 Å². The van der Waals surface area contributed by atoms with E-state index in [-0.39, 0.29) is 11.8 Å². The van der Waals surface area contributed by atoms with Gasteiger partial charge in [-0.2, -0.15) is 5.11 Å². The first-order valence-corrected chi connectivity index (χ1v) is 9.30. The van der Waals surface area contributed by atoms with Crippen LogP contribution >= 0.6 is 27.5 Å². The van der Waals surface area contributed by atoms with Crippen LogP contribution in [0.25, 0.3) is 0 Å². The maximum Gasteiger partial charge on any atom is 0.263 e. The average Bonchev–Trinajstić information content (AvgIpc) is 3.17. The van der Waals surface area contributed by atoms with Gasteiger partial charge in [0.05, 0.1) is 23.8 Å². The lowest BCUT2D eigenvalue weighted by Crippen LogP contribution is -2.39. The van der Waals surface area contributed by atoms with Gasteiger partial charge in [-0.05, 0) is 57.9 Å². The Hall–Kier alpha value is -2.45. The van der Waals surface area contributed by atoms with Crippen molar-refractivity contribution in [1.29, 1.82) is 0 Å². The second-order valence-corrected chi connectivity index (χ2v) is 7.44. The summed E-state index contributed by atoms with van der Waals surface area (Å²) in [6.07, 6.45) is 0. The SMILES string of the molecule is COc1ccc(CN2N=N[C@@H]3C(=O)N(c4ccc(Cl)cc4)C(=O)[C@@H]32)cc1Br. The normalized spacial score (nSPS) is 21.1. The fraction of sp³-hybridized carbons (Fsp3) is 0.222. The third kappa shape index (κ3) is 3.08. The molecule has 27 heavy (non-hydrogen) atoms. The molecule has 0 bridgehead atoms. The van der Waals surface area contributed by atoms with Crippen LogP contribution in [0.4, 0.5) is 5.69 Å². The third-order valence-electron chi connectivity index (χ3n) is 4.50. The molecule has 0 unspecified atom stereocenters. The Bertz CT molecular complexity index is 950. The van der Waals surface area contributed by atoms with Crippen LogP contribution < -0.4 is 9.64 Å². The van der Waals surface area contributed by atoms with E-state index in [2.05, 4.69) is 26.3 Å². The molecule has 0 aromatic heterocycles. The Labute approximate surface area is 168 Å². The first-order chi connectivity index (χ1) is 13.0. The maximum absolute atomic E-state index is 12.9. The largest absolute Gasteiger partial charge is 0.496 e. The van der Waals surface area contributed by atoms with Crippen molar-refractivity contribution in [3.8, 4) is 5.75 Å². The van der Waals surface area contributed by atoms with E-state index in [1.54, 1.807) is 36.4 Å². The first-order valence-electron chi connectivity index (χ1n) is 8.13. The number of carbonyl (C=O) groups excluding carboxylic acids is 2. The molecular weight excluding hydrogens is 436 g/mol. The lowest BCUT2D eigenvalue weighted by Gasteiger charge is -2.21. The molecule has 1 saturated heterocycles. The maximum atomic E-state index is 12.9. The zero-order chi connectivity index (χ0) is 19.1. The number of benzene rings is 2. The van der Waals surface area contributed by atoms with Gasteiger partial charge < -0.3 is 4.74 Å². The number of fused-ring (bicyclic) bond motifs is 1. The highest BCUT2D eigenvalue weighted by Crippen LogP contribution is 2.34. The summed E-state index contributed by atoms with van der Waals surface area (Å²) >= 11 is 9.33. The minimum atomic E-state index is -0.824. The molecule has 2 aliphatic rings. The zero-order valence-corrected chi connectivity index (χ0v) is 16.5. The molecule has 0 saturated carbocycles. The van der Waals surface area contributed by atoms with Crippen LogP contribution in [-0.4, -0.2) is 36.0 Å². The predicted molar refractivity (Wildman–Crippen MR) is 103 cm³/mol. The molecule has 4 rings (SSSR count). The highest BCUT2D eigenvalue weighted by molar-refractivity contribution is 9.10. The first kappa shape index (κ1) is 17.9. The molecule has 0 N–H and O–H groups in total.